The normalized spacial score (nSPS) is 13.3. The van der Waals surface area contributed by atoms with E-state index >= 15 is 0 Å². The van der Waals surface area contributed by atoms with E-state index in [1.165, 1.54) is 31.4 Å². The smallest absolute Gasteiger partial charge is 0.0712 e. The molecule has 5 nitrogen and oxygen atoms in total. The number of aromatic nitrogens is 2. The summed E-state index contributed by atoms with van der Waals surface area (Å²) >= 11 is 3.64. The van der Waals surface area contributed by atoms with Gasteiger partial charge < -0.3 is 4.90 Å². The fourth-order valence-corrected chi connectivity index (χ4v) is 3.35. The van der Waals surface area contributed by atoms with E-state index in [-0.39, 0.29) is 6.04 Å². The Morgan fingerprint density at radius 2 is 1.95 bits per heavy atom. The first-order chi connectivity index (χ1) is 10.0. The van der Waals surface area contributed by atoms with Gasteiger partial charge in [0, 0.05) is 6.54 Å². The van der Waals surface area contributed by atoms with Crippen LogP contribution in [0.2, 0.25) is 0 Å². The number of likely N-dealkylation sites (N-methyl/N-ethyl adjacent to an activating group) is 1. The third-order valence-electron chi connectivity index (χ3n) is 3.86. The summed E-state index contributed by atoms with van der Waals surface area (Å²) in [7, 11) is 4.15. The van der Waals surface area contributed by atoms with Gasteiger partial charge in [0.05, 0.1) is 29.0 Å². The van der Waals surface area contributed by atoms with Gasteiger partial charge in [0.1, 0.15) is 0 Å². The van der Waals surface area contributed by atoms with Crippen molar-refractivity contribution in [1.82, 2.24) is 20.1 Å². The average Bonchev–Trinajstić information content (AvgIpc) is 2.80. The van der Waals surface area contributed by atoms with Crippen LogP contribution in [0.3, 0.4) is 0 Å². The predicted molar refractivity (Wildman–Crippen MR) is 91.9 cm³/mol. The molecule has 0 fully saturated rings. The minimum atomic E-state index is 0.143. The van der Waals surface area contributed by atoms with E-state index in [9.17, 15) is 0 Å². The van der Waals surface area contributed by atoms with Crippen molar-refractivity contribution in [1.29, 1.82) is 0 Å². The fourth-order valence-electron chi connectivity index (χ4n) is 2.81. The Hall–Kier alpha value is -0.430. The SMILES string of the molecule is CCCC(CCC)C(NN)c1c(Br)cnn1CCN(C)C. The van der Waals surface area contributed by atoms with Gasteiger partial charge in [-0.3, -0.25) is 16.0 Å². The summed E-state index contributed by atoms with van der Waals surface area (Å²) in [5, 5.41) is 4.51. The first-order valence-electron chi connectivity index (χ1n) is 7.87. The zero-order valence-corrected chi connectivity index (χ0v) is 15.4. The van der Waals surface area contributed by atoms with Gasteiger partial charge in [0.15, 0.2) is 0 Å². The van der Waals surface area contributed by atoms with Crippen molar-refractivity contribution < 1.29 is 0 Å². The molecule has 3 N–H and O–H groups in total. The minimum Gasteiger partial charge on any atom is -0.308 e. The van der Waals surface area contributed by atoms with Gasteiger partial charge in [-0.1, -0.05) is 26.7 Å². The van der Waals surface area contributed by atoms with Gasteiger partial charge in [-0.2, -0.15) is 5.10 Å². The molecule has 6 heteroatoms. The summed E-state index contributed by atoms with van der Waals surface area (Å²) in [6.45, 7) is 6.30. The van der Waals surface area contributed by atoms with Gasteiger partial charge in [-0.15, -0.1) is 0 Å². The van der Waals surface area contributed by atoms with Gasteiger partial charge >= 0.3 is 0 Å². The number of hydrogen-bond donors (Lipinski definition) is 2. The minimum absolute atomic E-state index is 0.143. The molecule has 0 bridgehead atoms. The molecule has 1 rings (SSSR count). The van der Waals surface area contributed by atoms with Crippen LogP contribution in [0.15, 0.2) is 10.7 Å². The van der Waals surface area contributed by atoms with Crippen molar-refractivity contribution in [2.24, 2.45) is 11.8 Å². The standard InChI is InChI=1S/C15H30BrN5/c1-5-7-12(8-6-2)14(19-17)15-13(16)11-18-21(15)10-9-20(3)4/h11-12,14,19H,5-10,17H2,1-4H3. The van der Waals surface area contributed by atoms with E-state index in [0.717, 1.165) is 17.6 Å². The third-order valence-corrected chi connectivity index (χ3v) is 4.47. The van der Waals surface area contributed by atoms with Crippen molar-refractivity contribution in [3.05, 3.63) is 16.4 Å². The summed E-state index contributed by atoms with van der Waals surface area (Å²) in [4.78, 5) is 2.17. The second-order valence-corrected chi connectivity index (χ2v) is 6.74. The Kier molecular flexibility index (Phi) is 8.48. The van der Waals surface area contributed by atoms with Gasteiger partial charge in [-0.05, 0) is 48.8 Å². The van der Waals surface area contributed by atoms with Gasteiger partial charge in [0.2, 0.25) is 0 Å². The van der Waals surface area contributed by atoms with E-state index in [4.69, 9.17) is 5.84 Å². The fraction of sp³-hybridized carbons (Fsp3) is 0.800. The number of rotatable bonds is 10. The Labute approximate surface area is 137 Å². The molecule has 122 valence electrons. The molecule has 0 aliphatic rings. The molecule has 0 spiro atoms. The van der Waals surface area contributed by atoms with E-state index < -0.39 is 0 Å². The Morgan fingerprint density at radius 3 is 2.43 bits per heavy atom. The van der Waals surface area contributed by atoms with Crippen LogP contribution < -0.4 is 11.3 Å². The summed E-state index contributed by atoms with van der Waals surface area (Å²) in [6.07, 6.45) is 6.57. The van der Waals surface area contributed by atoms with Crippen LogP contribution in [-0.2, 0) is 6.54 Å². The highest BCUT2D eigenvalue weighted by atomic mass is 79.9. The van der Waals surface area contributed by atoms with Crippen LogP contribution >= 0.6 is 15.9 Å². The monoisotopic (exact) mass is 359 g/mol. The summed E-state index contributed by atoms with van der Waals surface area (Å²) in [6, 6.07) is 0.143. The highest BCUT2D eigenvalue weighted by molar-refractivity contribution is 9.10. The molecule has 0 radical (unpaired) electrons. The Bertz CT molecular complexity index is 399. The van der Waals surface area contributed by atoms with Crippen LogP contribution in [0.5, 0.6) is 0 Å². The van der Waals surface area contributed by atoms with Crippen molar-refractivity contribution in [3.63, 3.8) is 0 Å². The molecule has 0 saturated heterocycles. The van der Waals surface area contributed by atoms with Crippen molar-refractivity contribution >= 4 is 15.9 Å². The van der Waals surface area contributed by atoms with Crippen molar-refractivity contribution in [3.8, 4) is 0 Å². The van der Waals surface area contributed by atoms with E-state index in [0.29, 0.717) is 5.92 Å². The molecule has 0 aromatic carbocycles. The number of hydrazine groups is 1. The number of nitrogens with one attached hydrogen (secondary N) is 1. The lowest BCUT2D eigenvalue weighted by molar-refractivity contribution is 0.295. The second-order valence-electron chi connectivity index (χ2n) is 5.89. The van der Waals surface area contributed by atoms with Crippen LogP contribution in [-0.4, -0.2) is 35.3 Å². The quantitative estimate of drug-likeness (QED) is 0.498. The van der Waals surface area contributed by atoms with E-state index in [1.807, 2.05) is 6.20 Å². The second kappa shape index (κ2) is 9.56. The first-order valence-corrected chi connectivity index (χ1v) is 8.66. The maximum absolute atomic E-state index is 5.90. The zero-order valence-electron chi connectivity index (χ0n) is 13.8. The van der Waals surface area contributed by atoms with Crippen LogP contribution in [0.25, 0.3) is 0 Å². The number of hydrogen-bond acceptors (Lipinski definition) is 4. The summed E-state index contributed by atoms with van der Waals surface area (Å²) < 4.78 is 3.12. The predicted octanol–water partition coefficient (Wildman–Crippen LogP) is 2.93. The maximum Gasteiger partial charge on any atom is 0.0712 e. The Morgan fingerprint density at radius 1 is 1.33 bits per heavy atom. The molecule has 0 aliphatic heterocycles. The van der Waals surface area contributed by atoms with Gasteiger partial charge in [0.25, 0.3) is 0 Å². The van der Waals surface area contributed by atoms with Crippen LogP contribution in [0.1, 0.15) is 51.3 Å². The average molecular weight is 360 g/mol. The zero-order chi connectivity index (χ0) is 15.8. The lowest BCUT2D eigenvalue weighted by Crippen LogP contribution is -2.36. The van der Waals surface area contributed by atoms with Gasteiger partial charge in [-0.25, -0.2) is 0 Å². The first kappa shape index (κ1) is 18.6. The molecule has 0 aliphatic carbocycles. The van der Waals surface area contributed by atoms with Crippen LogP contribution in [0.4, 0.5) is 0 Å². The Balaban J connectivity index is 2.99. The summed E-state index contributed by atoms with van der Waals surface area (Å²) in [5.41, 5.74) is 4.21. The number of nitrogens with two attached hydrogens (primary N) is 1. The molecular weight excluding hydrogens is 330 g/mol. The molecule has 0 amide bonds. The number of halogens is 1. The number of nitrogens with zero attached hydrogens (tertiary/aromatic N) is 3. The van der Waals surface area contributed by atoms with Crippen molar-refractivity contribution in [2.75, 3.05) is 20.6 Å². The third kappa shape index (κ3) is 5.36. The highest BCUT2D eigenvalue weighted by Gasteiger charge is 2.26. The topological polar surface area (TPSA) is 59.1 Å². The molecule has 1 aromatic heterocycles. The highest BCUT2D eigenvalue weighted by Crippen LogP contribution is 2.33. The largest absolute Gasteiger partial charge is 0.308 e. The summed E-state index contributed by atoms with van der Waals surface area (Å²) in [5.74, 6) is 6.43. The molecule has 1 aromatic rings. The van der Waals surface area contributed by atoms with E-state index in [1.54, 1.807) is 0 Å². The maximum atomic E-state index is 5.90. The molecule has 1 unspecified atom stereocenters. The lowest BCUT2D eigenvalue weighted by Gasteiger charge is -2.27. The lowest BCUT2D eigenvalue weighted by atomic mass is 9.89. The molecular formula is C15H30BrN5. The van der Waals surface area contributed by atoms with Crippen molar-refractivity contribution in [2.45, 2.75) is 52.1 Å². The molecule has 1 heterocycles. The molecule has 21 heavy (non-hydrogen) atoms. The molecule has 0 saturated carbocycles. The van der Waals surface area contributed by atoms with E-state index in [2.05, 4.69) is 64.0 Å². The van der Waals surface area contributed by atoms with Crippen LogP contribution in [0, 0.1) is 5.92 Å². The molecule has 1 atom stereocenters.